The number of ketones is 1. The van der Waals surface area contributed by atoms with E-state index in [0.29, 0.717) is 0 Å². The van der Waals surface area contributed by atoms with Crippen molar-refractivity contribution in [1.29, 1.82) is 0 Å². The standard InChI is InChI=1S/C9H8BrFO/c1-6(10)9(12)7-4-2-3-5-8(7)11/h2-6H,1H3/t6-/m0/s1. The summed E-state index contributed by atoms with van der Waals surface area (Å²) in [5.41, 5.74) is 0.141. The Bertz CT molecular complexity index is 296. The van der Waals surface area contributed by atoms with Gasteiger partial charge in [0.2, 0.25) is 0 Å². The molecule has 0 amide bonds. The van der Waals surface area contributed by atoms with Gasteiger partial charge in [0.25, 0.3) is 0 Å². The fourth-order valence-electron chi connectivity index (χ4n) is 0.875. The third-order valence-corrected chi connectivity index (χ3v) is 1.92. The number of carbonyl (C=O) groups is 1. The SMILES string of the molecule is C[C@H](Br)C(=O)c1ccccc1F. The van der Waals surface area contributed by atoms with Crippen LogP contribution in [0.4, 0.5) is 4.39 Å². The third-order valence-electron chi connectivity index (χ3n) is 1.50. The Morgan fingerprint density at radius 1 is 1.50 bits per heavy atom. The van der Waals surface area contributed by atoms with Crippen LogP contribution in [-0.4, -0.2) is 10.6 Å². The van der Waals surface area contributed by atoms with Crippen LogP contribution in [0.1, 0.15) is 17.3 Å². The fraction of sp³-hybridized carbons (Fsp3) is 0.222. The molecule has 1 nitrogen and oxygen atoms in total. The Labute approximate surface area is 78.7 Å². The lowest BCUT2D eigenvalue weighted by molar-refractivity contribution is 0.0992. The Kier molecular flexibility index (Phi) is 2.98. The van der Waals surface area contributed by atoms with Gasteiger partial charge < -0.3 is 0 Å². The summed E-state index contributed by atoms with van der Waals surface area (Å²) in [5, 5.41) is 0. The second-order valence-corrected chi connectivity index (χ2v) is 3.83. The van der Waals surface area contributed by atoms with Crippen LogP contribution < -0.4 is 0 Å². The smallest absolute Gasteiger partial charge is 0.179 e. The first kappa shape index (κ1) is 9.39. The van der Waals surface area contributed by atoms with Crippen molar-refractivity contribution < 1.29 is 9.18 Å². The van der Waals surface area contributed by atoms with Crippen molar-refractivity contribution in [2.45, 2.75) is 11.8 Å². The first-order chi connectivity index (χ1) is 5.63. The molecule has 0 N–H and O–H groups in total. The molecule has 1 aromatic carbocycles. The van der Waals surface area contributed by atoms with Crippen molar-refractivity contribution in [2.24, 2.45) is 0 Å². The topological polar surface area (TPSA) is 17.1 Å². The normalized spacial score (nSPS) is 12.6. The van der Waals surface area contributed by atoms with Gasteiger partial charge in [-0.25, -0.2) is 4.39 Å². The second kappa shape index (κ2) is 3.81. The molecule has 0 fully saturated rings. The summed E-state index contributed by atoms with van der Waals surface area (Å²) in [7, 11) is 0. The van der Waals surface area contributed by atoms with E-state index in [0.717, 1.165) is 0 Å². The molecule has 0 aliphatic rings. The van der Waals surface area contributed by atoms with Crippen molar-refractivity contribution >= 4 is 21.7 Å². The zero-order valence-corrected chi connectivity index (χ0v) is 8.14. The Balaban J connectivity index is 3.03. The van der Waals surface area contributed by atoms with Crippen LogP contribution in [0.5, 0.6) is 0 Å². The number of halogens is 2. The molecular formula is C9H8BrFO. The summed E-state index contributed by atoms with van der Waals surface area (Å²) in [4.78, 5) is 10.9. The molecule has 0 unspecified atom stereocenters. The number of alkyl halides is 1. The number of Topliss-reactive ketones (excluding diaryl/α,β-unsaturated/α-hetero) is 1. The largest absolute Gasteiger partial charge is 0.293 e. The van der Waals surface area contributed by atoms with Gasteiger partial charge in [0, 0.05) is 0 Å². The van der Waals surface area contributed by atoms with E-state index >= 15 is 0 Å². The summed E-state index contributed by atoms with van der Waals surface area (Å²) in [6.07, 6.45) is 0. The molecule has 12 heavy (non-hydrogen) atoms. The fourth-order valence-corrected chi connectivity index (χ4v) is 1.12. The molecule has 0 saturated carbocycles. The highest BCUT2D eigenvalue weighted by Gasteiger charge is 2.14. The van der Waals surface area contributed by atoms with Crippen molar-refractivity contribution in [3.8, 4) is 0 Å². The predicted octanol–water partition coefficient (Wildman–Crippen LogP) is 2.79. The van der Waals surface area contributed by atoms with E-state index in [1.165, 1.54) is 12.1 Å². The second-order valence-electron chi connectivity index (χ2n) is 2.46. The van der Waals surface area contributed by atoms with E-state index in [9.17, 15) is 9.18 Å². The molecule has 0 spiro atoms. The van der Waals surface area contributed by atoms with Gasteiger partial charge in [0.1, 0.15) is 5.82 Å². The van der Waals surface area contributed by atoms with Crippen LogP contribution in [0.3, 0.4) is 0 Å². The quantitative estimate of drug-likeness (QED) is 0.565. The lowest BCUT2D eigenvalue weighted by atomic mass is 10.1. The zero-order valence-electron chi connectivity index (χ0n) is 6.55. The van der Waals surface area contributed by atoms with Gasteiger partial charge in [0.15, 0.2) is 5.78 Å². The molecule has 0 saturated heterocycles. The Morgan fingerprint density at radius 3 is 2.58 bits per heavy atom. The van der Waals surface area contributed by atoms with Crippen molar-refractivity contribution in [2.75, 3.05) is 0 Å². The molecule has 0 radical (unpaired) electrons. The predicted molar refractivity (Wildman–Crippen MR) is 49.1 cm³/mol. The highest BCUT2D eigenvalue weighted by Crippen LogP contribution is 2.12. The summed E-state index contributed by atoms with van der Waals surface area (Å²) < 4.78 is 13.0. The van der Waals surface area contributed by atoms with Gasteiger partial charge in [-0.3, -0.25) is 4.79 Å². The molecule has 1 aromatic rings. The molecule has 1 atom stereocenters. The van der Waals surface area contributed by atoms with Gasteiger partial charge in [-0.1, -0.05) is 28.1 Å². The highest BCUT2D eigenvalue weighted by atomic mass is 79.9. The molecular weight excluding hydrogens is 223 g/mol. The van der Waals surface area contributed by atoms with E-state index in [2.05, 4.69) is 15.9 Å². The van der Waals surface area contributed by atoms with Crippen LogP contribution in [0.2, 0.25) is 0 Å². The van der Waals surface area contributed by atoms with E-state index in [4.69, 9.17) is 0 Å². The van der Waals surface area contributed by atoms with Crippen LogP contribution in [0.15, 0.2) is 24.3 Å². The summed E-state index contributed by atoms with van der Waals surface area (Å²) in [5.74, 6) is -0.693. The molecule has 0 aliphatic carbocycles. The van der Waals surface area contributed by atoms with E-state index in [-0.39, 0.29) is 16.2 Å². The third kappa shape index (κ3) is 1.91. The number of benzene rings is 1. The molecule has 1 rings (SSSR count). The zero-order chi connectivity index (χ0) is 9.14. The molecule has 0 aromatic heterocycles. The van der Waals surface area contributed by atoms with E-state index in [1.807, 2.05) is 0 Å². The first-order valence-corrected chi connectivity index (χ1v) is 4.47. The van der Waals surface area contributed by atoms with E-state index < -0.39 is 5.82 Å². The maximum absolute atomic E-state index is 13.0. The van der Waals surface area contributed by atoms with Gasteiger partial charge in [-0.15, -0.1) is 0 Å². The van der Waals surface area contributed by atoms with Crippen LogP contribution in [-0.2, 0) is 0 Å². The number of hydrogen-bond donors (Lipinski definition) is 0. The summed E-state index contributed by atoms with van der Waals surface area (Å²) in [6.45, 7) is 1.68. The number of carbonyl (C=O) groups excluding carboxylic acids is 1. The van der Waals surface area contributed by atoms with E-state index in [1.54, 1.807) is 19.1 Å². The van der Waals surface area contributed by atoms with Crippen molar-refractivity contribution in [3.63, 3.8) is 0 Å². The Morgan fingerprint density at radius 2 is 2.08 bits per heavy atom. The lowest BCUT2D eigenvalue weighted by Crippen LogP contribution is -2.11. The minimum Gasteiger partial charge on any atom is -0.293 e. The van der Waals surface area contributed by atoms with Crippen LogP contribution in [0.25, 0.3) is 0 Å². The van der Waals surface area contributed by atoms with Crippen molar-refractivity contribution in [1.82, 2.24) is 0 Å². The van der Waals surface area contributed by atoms with Crippen LogP contribution >= 0.6 is 15.9 Å². The number of rotatable bonds is 2. The highest BCUT2D eigenvalue weighted by molar-refractivity contribution is 9.10. The maximum Gasteiger partial charge on any atom is 0.179 e. The molecule has 0 bridgehead atoms. The van der Waals surface area contributed by atoms with Gasteiger partial charge >= 0.3 is 0 Å². The lowest BCUT2D eigenvalue weighted by Gasteiger charge is -2.02. The van der Waals surface area contributed by atoms with Gasteiger partial charge in [-0.05, 0) is 19.1 Å². The molecule has 3 heteroatoms. The minimum absolute atomic E-state index is 0.141. The average molecular weight is 231 g/mol. The monoisotopic (exact) mass is 230 g/mol. The maximum atomic E-state index is 13.0. The Hall–Kier alpha value is -0.700. The van der Waals surface area contributed by atoms with Gasteiger partial charge in [0.05, 0.1) is 10.4 Å². The first-order valence-electron chi connectivity index (χ1n) is 3.55. The summed E-state index contributed by atoms with van der Waals surface area (Å²) in [6, 6.07) is 5.97. The average Bonchev–Trinajstić information content (AvgIpc) is 2.04. The van der Waals surface area contributed by atoms with Gasteiger partial charge in [-0.2, -0.15) is 0 Å². The molecule has 0 aliphatic heterocycles. The van der Waals surface area contributed by atoms with Crippen LogP contribution in [0, 0.1) is 5.82 Å². The molecule has 0 heterocycles. The molecule has 64 valence electrons. The number of hydrogen-bond acceptors (Lipinski definition) is 1. The van der Waals surface area contributed by atoms with Crippen molar-refractivity contribution in [3.05, 3.63) is 35.6 Å². The minimum atomic E-state index is -0.464. The summed E-state index contributed by atoms with van der Waals surface area (Å²) >= 11 is 3.09.